The summed E-state index contributed by atoms with van der Waals surface area (Å²) in [6.45, 7) is 0. The molecule has 0 radical (unpaired) electrons. The van der Waals surface area contributed by atoms with Crippen LogP contribution in [0.5, 0.6) is 11.5 Å². The molecule has 2 aliphatic carbocycles. The van der Waals surface area contributed by atoms with E-state index in [1.165, 1.54) is 36.5 Å². The van der Waals surface area contributed by atoms with Gasteiger partial charge in [-0.1, -0.05) is 30.3 Å². The van der Waals surface area contributed by atoms with Crippen LogP contribution in [-0.4, -0.2) is 54.5 Å². The number of urea groups is 1. The van der Waals surface area contributed by atoms with Crippen molar-refractivity contribution >= 4 is 36.1 Å². The summed E-state index contributed by atoms with van der Waals surface area (Å²) < 4.78 is 9.36. The van der Waals surface area contributed by atoms with Crippen LogP contribution >= 0.6 is 12.4 Å². The Kier molecular flexibility index (Phi) is 12.4. The second kappa shape index (κ2) is 16.0. The van der Waals surface area contributed by atoms with Gasteiger partial charge in [0.25, 0.3) is 0 Å². The summed E-state index contributed by atoms with van der Waals surface area (Å²) in [5, 5.41) is 24.6. The number of phenols is 2. The summed E-state index contributed by atoms with van der Waals surface area (Å²) >= 11 is 0. The number of ether oxygens (including phenoxy) is 2. The number of nitrogens with two attached hydrogens (primary N) is 1. The predicted molar refractivity (Wildman–Crippen MR) is 169 cm³/mol. The number of benzene rings is 3. The number of hydrogen-bond donors (Lipinski definition) is 5. The minimum atomic E-state index is -0.841. The largest absolute Gasteiger partial charge is 0.508 e. The van der Waals surface area contributed by atoms with Crippen molar-refractivity contribution in [1.29, 1.82) is 0 Å². The molecule has 0 fully saturated rings. The molecule has 6 N–H and O–H groups in total. The van der Waals surface area contributed by atoms with Crippen molar-refractivity contribution in [2.24, 2.45) is 5.73 Å². The maximum absolute atomic E-state index is 12.8. The smallest absolute Gasteiger partial charge is 0.328 e. The van der Waals surface area contributed by atoms with Crippen LogP contribution in [0.2, 0.25) is 0 Å². The Morgan fingerprint density at radius 1 is 0.795 bits per heavy atom. The number of carbonyl (C=O) groups excluding carboxylic acids is 3. The Hall–Kier alpha value is -4.28. The molecule has 5 rings (SSSR count). The number of nitrogens with one attached hydrogen (secondary N) is 2. The molecule has 2 aliphatic rings. The van der Waals surface area contributed by atoms with E-state index in [4.69, 9.17) is 15.6 Å². The summed E-state index contributed by atoms with van der Waals surface area (Å²) in [7, 11) is 2.60. The third-order valence-electron chi connectivity index (χ3n) is 7.72. The van der Waals surface area contributed by atoms with Crippen molar-refractivity contribution in [2.75, 3.05) is 19.5 Å². The van der Waals surface area contributed by atoms with Gasteiger partial charge in [-0.05, 0) is 103 Å². The molecule has 0 spiro atoms. The summed E-state index contributed by atoms with van der Waals surface area (Å²) in [6, 6.07) is 13.7. The minimum absolute atomic E-state index is 0. The lowest BCUT2D eigenvalue weighted by molar-refractivity contribution is -0.143. The molecule has 0 saturated carbocycles. The van der Waals surface area contributed by atoms with Crippen molar-refractivity contribution in [3.05, 3.63) is 88.0 Å². The number of fused-ring (bicyclic) bond motifs is 2. The zero-order chi connectivity index (χ0) is 30.9. The van der Waals surface area contributed by atoms with Gasteiger partial charge in [-0.15, -0.1) is 12.4 Å². The van der Waals surface area contributed by atoms with Crippen LogP contribution in [0.4, 0.5) is 10.5 Å². The summed E-state index contributed by atoms with van der Waals surface area (Å²) in [4.78, 5) is 36.0. The Balaban J connectivity index is 0.000000299. The van der Waals surface area contributed by atoms with Crippen LogP contribution in [0.15, 0.2) is 54.6 Å². The maximum Gasteiger partial charge on any atom is 0.328 e. The zero-order valence-corrected chi connectivity index (χ0v) is 25.7. The molecule has 44 heavy (non-hydrogen) atoms. The third kappa shape index (κ3) is 8.87. The van der Waals surface area contributed by atoms with Gasteiger partial charge in [-0.2, -0.15) is 0 Å². The quantitative estimate of drug-likeness (QED) is 0.234. The molecule has 2 atom stereocenters. The molecule has 10 nitrogen and oxygen atoms in total. The Labute approximate surface area is 263 Å². The Bertz CT molecular complexity index is 1450. The topological polar surface area (TPSA) is 160 Å². The van der Waals surface area contributed by atoms with E-state index in [0.29, 0.717) is 6.42 Å². The molecule has 0 unspecified atom stereocenters. The first-order valence-corrected chi connectivity index (χ1v) is 14.4. The molecule has 3 aromatic carbocycles. The second-order valence-corrected chi connectivity index (χ2v) is 10.8. The van der Waals surface area contributed by atoms with E-state index in [1.54, 1.807) is 48.5 Å². The number of aromatic hydroxyl groups is 2. The van der Waals surface area contributed by atoms with Crippen LogP contribution in [0.1, 0.15) is 46.2 Å². The van der Waals surface area contributed by atoms with Crippen LogP contribution in [0.25, 0.3) is 0 Å². The van der Waals surface area contributed by atoms with Crippen LogP contribution < -0.4 is 16.4 Å². The first kappa shape index (κ1) is 34.2. The Morgan fingerprint density at radius 3 is 1.82 bits per heavy atom. The molecular weight excluding hydrogens is 586 g/mol. The maximum atomic E-state index is 12.8. The first-order valence-electron chi connectivity index (χ1n) is 14.4. The standard InChI is InChI=1S/C23H26N2O4.C10H13NO3.ClH/c1-29-22(27)20(12-14-5-2-8-17(26)11-14)24-23(28)25-21-18-9-3-6-15(18)13-16-7-4-10-19(16)21;1-14-10(13)9(11)6-7-3-2-4-8(12)5-7;/h2,5,8,11,13,20,26H,3-4,6-7,9-10,12H2,1H3,(H2,24,25,28);2-5,9,12H,6,11H2,1H3;1H/t20-;9-;/m11./s1. The fourth-order valence-electron chi connectivity index (χ4n) is 5.70. The van der Waals surface area contributed by atoms with Crippen molar-refractivity contribution < 1.29 is 34.1 Å². The van der Waals surface area contributed by atoms with Gasteiger partial charge in [0.05, 0.1) is 14.2 Å². The summed E-state index contributed by atoms with van der Waals surface area (Å²) in [6.07, 6.45) is 6.88. The van der Waals surface area contributed by atoms with E-state index in [1.807, 2.05) is 0 Å². The number of carbonyl (C=O) groups is 3. The highest BCUT2D eigenvalue weighted by atomic mass is 35.5. The van der Waals surface area contributed by atoms with E-state index in [-0.39, 0.29) is 30.3 Å². The van der Waals surface area contributed by atoms with Gasteiger partial charge >= 0.3 is 18.0 Å². The summed E-state index contributed by atoms with van der Waals surface area (Å²) in [5.41, 5.74) is 13.2. The van der Waals surface area contributed by atoms with Gasteiger partial charge in [0, 0.05) is 12.1 Å². The van der Waals surface area contributed by atoms with Gasteiger partial charge < -0.3 is 36.1 Å². The number of esters is 2. The average Bonchev–Trinajstić information content (AvgIpc) is 3.66. The molecule has 3 aromatic rings. The number of halogens is 1. The van der Waals surface area contributed by atoms with Crippen molar-refractivity contribution in [1.82, 2.24) is 5.32 Å². The van der Waals surface area contributed by atoms with Gasteiger partial charge in [0.2, 0.25) is 0 Å². The fourth-order valence-corrected chi connectivity index (χ4v) is 5.70. The second-order valence-electron chi connectivity index (χ2n) is 10.8. The van der Waals surface area contributed by atoms with Crippen molar-refractivity contribution in [3.8, 4) is 11.5 Å². The lowest BCUT2D eigenvalue weighted by Crippen LogP contribution is -2.45. The lowest BCUT2D eigenvalue weighted by atomic mass is 9.99. The van der Waals surface area contributed by atoms with Crippen molar-refractivity contribution in [3.63, 3.8) is 0 Å². The third-order valence-corrected chi connectivity index (χ3v) is 7.72. The van der Waals surface area contributed by atoms with Gasteiger partial charge in [-0.3, -0.25) is 4.79 Å². The average molecular weight is 626 g/mol. The number of hydrogen-bond acceptors (Lipinski definition) is 8. The SMILES string of the molecule is COC(=O)[C@@H](Cc1cccc(O)c1)NC(=O)Nc1c2c(cc3c1CCC3)CCC2.COC(=O)[C@H](N)Cc1cccc(O)c1.Cl. The number of methoxy groups -OCH3 is 2. The van der Waals surface area contributed by atoms with E-state index in [0.717, 1.165) is 55.3 Å². The van der Waals surface area contributed by atoms with E-state index < -0.39 is 30.1 Å². The number of rotatable bonds is 8. The number of anilines is 1. The molecule has 0 bridgehead atoms. The molecule has 0 aliphatic heterocycles. The molecule has 0 saturated heterocycles. The van der Waals surface area contributed by atoms with Crippen LogP contribution in [0, 0.1) is 0 Å². The van der Waals surface area contributed by atoms with E-state index in [2.05, 4.69) is 21.4 Å². The van der Waals surface area contributed by atoms with E-state index in [9.17, 15) is 19.5 Å². The van der Waals surface area contributed by atoms with Gasteiger partial charge in [0.1, 0.15) is 23.6 Å². The monoisotopic (exact) mass is 625 g/mol. The van der Waals surface area contributed by atoms with Crippen LogP contribution in [0.3, 0.4) is 0 Å². The van der Waals surface area contributed by atoms with Gasteiger partial charge in [0.15, 0.2) is 0 Å². The molecular formula is C33H40ClN3O7. The molecule has 0 heterocycles. The zero-order valence-electron chi connectivity index (χ0n) is 24.9. The molecule has 2 amide bonds. The van der Waals surface area contributed by atoms with Crippen molar-refractivity contribution in [2.45, 2.75) is 63.5 Å². The number of aryl methyl sites for hydroxylation is 2. The molecule has 11 heteroatoms. The fraction of sp³-hybridized carbons (Fsp3) is 0.364. The minimum Gasteiger partial charge on any atom is -0.508 e. The summed E-state index contributed by atoms with van der Waals surface area (Å²) in [5.74, 6) is -0.689. The number of phenolic OH excluding ortho intramolecular Hbond substituents is 2. The Morgan fingerprint density at radius 2 is 1.32 bits per heavy atom. The normalized spacial score (nSPS) is 14.0. The predicted octanol–water partition coefficient (Wildman–Crippen LogP) is 4.13. The van der Waals surface area contributed by atoms with Gasteiger partial charge in [-0.25, -0.2) is 9.59 Å². The number of amides is 2. The highest BCUT2D eigenvalue weighted by Gasteiger charge is 2.27. The van der Waals surface area contributed by atoms with E-state index >= 15 is 0 Å². The molecule has 236 valence electrons. The highest BCUT2D eigenvalue weighted by molar-refractivity contribution is 5.94. The first-order chi connectivity index (χ1) is 20.7. The molecule has 0 aromatic heterocycles. The van der Waals surface area contributed by atoms with Crippen LogP contribution in [-0.2, 0) is 57.6 Å². The lowest BCUT2D eigenvalue weighted by Gasteiger charge is -2.20. The highest BCUT2D eigenvalue weighted by Crippen LogP contribution is 2.38.